The minimum Gasteiger partial charge on any atom is -0.0654 e. The van der Waals surface area contributed by atoms with E-state index in [0.29, 0.717) is 5.41 Å². The first-order valence-corrected chi connectivity index (χ1v) is 6.99. The zero-order valence-electron chi connectivity index (χ0n) is 11.5. The molecule has 0 aromatic heterocycles. The van der Waals surface area contributed by atoms with Crippen LogP contribution in [0.4, 0.5) is 0 Å². The van der Waals surface area contributed by atoms with Gasteiger partial charge in [-0.05, 0) is 36.0 Å². The third-order valence-electron chi connectivity index (χ3n) is 4.26. The highest BCUT2D eigenvalue weighted by molar-refractivity contribution is 4.89. The van der Waals surface area contributed by atoms with Crippen LogP contribution in [0.25, 0.3) is 0 Å². The molecule has 1 aliphatic rings. The molecular formula is C15H30. The Hall–Kier alpha value is 0. The summed E-state index contributed by atoms with van der Waals surface area (Å²) in [5.74, 6) is 3.04. The van der Waals surface area contributed by atoms with Crippen molar-refractivity contribution in [2.45, 2.75) is 73.1 Å². The fraction of sp³-hybridized carbons (Fsp3) is 1.00. The zero-order chi connectivity index (χ0) is 11.5. The van der Waals surface area contributed by atoms with Crippen molar-refractivity contribution in [3.05, 3.63) is 0 Å². The van der Waals surface area contributed by atoms with Crippen LogP contribution < -0.4 is 0 Å². The van der Waals surface area contributed by atoms with E-state index in [1.165, 1.54) is 38.5 Å². The van der Waals surface area contributed by atoms with Crippen molar-refractivity contribution in [3.8, 4) is 0 Å². The van der Waals surface area contributed by atoms with E-state index in [2.05, 4.69) is 34.6 Å². The summed E-state index contributed by atoms with van der Waals surface area (Å²) in [6.07, 6.45) is 8.69. The number of rotatable bonds is 4. The Morgan fingerprint density at radius 3 is 2.00 bits per heavy atom. The Morgan fingerprint density at radius 1 is 0.933 bits per heavy atom. The van der Waals surface area contributed by atoms with E-state index in [-0.39, 0.29) is 0 Å². The van der Waals surface area contributed by atoms with Gasteiger partial charge in [0.1, 0.15) is 0 Å². The molecule has 1 rings (SSSR count). The quantitative estimate of drug-likeness (QED) is 0.592. The molecule has 90 valence electrons. The van der Waals surface area contributed by atoms with Gasteiger partial charge in [0.25, 0.3) is 0 Å². The van der Waals surface area contributed by atoms with Gasteiger partial charge < -0.3 is 0 Å². The van der Waals surface area contributed by atoms with Crippen molar-refractivity contribution in [2.24, 2.45) is 23.2 Å². The molecule has 0 saturated heterocycles. The molecule has 0 heteroatoms. The van der Waals surface area contributed by atoms with Gasteiger partial charge in [0, 0.05) is 0 Å². The molecule has 0 spiro atoms. The second kappa shape index (κ2) is 5.37. The van der Waals surface area contributed by atoms with Gasteiger partial charge in [-0.15, -0.1) is 0 Å². The van der Waals surface area contributed by atoms with E-state index >= 15 is 0 Å². The molecule has 0 amide bonds. The van der Waals surface area contributed by atoms with Crippen LogP contribution >= 0.6 is 0 Å². The maximum Gasteiger partial charge on any atom is -0.0334 e. The molecule has 3 atom stereocenters. The molecule has 0 bridgehead atoms. The molecule has 0 radical (unpaired) electrons. The molecule has 0 aromatic rings. The summed E-state index contributed by atoms with van der Waals surface area (Å²) >= 11 is 0. The van der Waals surface area contributed by atoms with E-state index < -0.39 is 0 Å². The molecule has 1 saturated carbocycles. The lowest BCUT2D eigenvalue weighted by molar-refractivity contribution is 0.176. The second-order valence-electron chi connectivity index (χ2n) is 6.65. The van der Waals surface area contributed by atoms with Gasteiger partial charge in [-0.2, -0.15) is 0 Å². The first-order chi connectivity index (χ1) is 6.99. The highest BCUT2D eigenvalue weighted by atomic mass is 14.4. The summed E-state index contributed by atoms with van der Waals surface area (Å²) in [6, 6.07) is 0. The normalized spacial score (nSPS) is 32.2. The van der Waals surface area contributed by atoms with E-state index in [4.69, 9.17) is 0 Å². The van der Waals surface area contributed by atoms with Gasteiger partial charge >= 0.3 is 0 Å². The lowest BCUT2D eigenvalue weighted by Crippen LogP contribution is -2.24. The Labute approximate surface area is 96.8 Å². The van der Waals surface area contributed by atoms with Gasteiger partial charge in [-0.25, -0.2) is 0 Å². The average Bonchev–Trinajstić information content (AvgIpc) is 2.49. The zero-order valence-corrected chi connectivity index (χ0v) is 11.5. The lowest BCUT2D eigenvalue weighted by Gasteiger charge is -2.32. The van der Waals surface area contributed by atoms with Crippen LogP contribution in [0.3, 0.4) is 0 Å². The van der Waals surface area contributed by atoms with Gasteiger partial charge in [0.2, 0.25) is 0 Å². The van der Waals surface area contributed by atoms with Crippen molar-refractivity contribution < 1.29 is 0 Å². The van der Waals surface area contributed by atoms with Crippen molar-refractivity contribution in [1.82, 2.24) is 0 Å². The third-order valence-corrected chi connectivity index (χ3v) is 4.26. The molecular weight excluding hydrogens is 180 g/mol. The van der Waals surface area contributed by atoms with Crippen molar-refractivity contribution in [3.63, 3.8) is 0 Å². The summed E-state index contributed by atoms with van der Waals surface area (Å²) in [7, 11) is 0. The molecule has 1 aliphatic carbocycles. The van der Waals surface area contributed by atoms with E-state index in [0.717, 1.165) is 17.8 Å². The maximum absolute atomic E-state index is 2.44. The molecule has 1 fully saturated rings. The van der Waals surface area contributed by atoms with Gasteiger partial charge in [-0.3, -0.25) is 0 Å². The van der Waals surface area contributed by atoms with Crippen LogP contribution in [0.1, 0.15) is 73.1 Å². The number of hydrogen-bond acceptors (Lipinski definition) is 0. The Bertz CT molecular complexity index is 175. The smallest absolute Gasteiger partial charge is 0.0334 e. The molecule has 0 nitrogen and oxygen atoms in total. The van der Waals surface area contributed by atoms with Crippen LogP contribution in [-0.4, -0.2) is 0 Å². The molecule has 0 aromatic carbocycles. The van der Waals surface area contributed by atoms with Crippen molar-refractivity contribution in [2.75, 3.05) is 0 Å². The molecule has 0 aliphatic heterocycles. The highest BCUT2D eigenvalue weighted by Gasteiger charge is 2.39. The van der Waals surface area contributed by atoms with Crippen LogP contribution in [-0.2, 0) is 0 Å². The van der Waals surface area contributed by atoms with Crippen molar-refractivity contribution in [1.29, 1.82) is 0 Å². The first kappa shape index (κ1) is 13.1. The molecule has 0 N–H and O–H groups in total. The fourth-order valence-corrected chi connectivity index (χ4v) is 3.63. The Morgan fingerprint density at radius 2 is 1.53 bits per heavy atom. The van der Waals surface area contributed by atoms with E-state index in [1.807, 2.05) is 0 Å². The maximum atomic E-state index is 2.44. The Balaban J connectivity index is 2.59. The summed E-state index contributed by atoms with van der Waals surface area (Å²) in [4.78, 5) is 0. The van der Waals surface area contributed by atoms with E-state index in [9.17, 15) is 0 Å². The SMILES string of the molecule is CCCC1CC(CCC)C(C(C)(C)C)C1. The predicted octanol–water partition coefficient (Wildman–Crippen LogP) is 5.28. The van der Waals surface area contributed by atoms with E-state index in [1.54, 1.807) is 0 Å². The van der Waals surface area contributed by atoms with Gasteiger partial charge in [0.15, 0.2) is 0 Å². The monoisotopic (exact) mass is 210 g/mol. The van der Waals surface area contributed by atoms with Gasteiger partial charge in [-0.1, -0.05) is 60.3 Å². The van der Waals surface area contributed by atoms with Crippen molar-refractivity contribution >= 4 is 0 Å². The minimum absolute atomic E-state index is 0.530. The summed E-state index contributed by atoms with van der Waals surface area (Å²) < 4.78 is 0. The minimum atomic E-state index is 0.530. The van der Waals surface area contributed by atoms with Crippen LogP contribution in [0.5, 0.6) is 0 Å². The number of hydrogen-bond donors (Lipinski definition) is 0. The molecule has 3 unspecified atom stereocenters. The van der Waals surface area contributed by atoms with Crippen LogP contribution in [0.2, 0.25) is 0 Å². The Kier molecular flexibility index (Phi) is 4.67. The standard InChI is InChI=1S/C15H30/c1-6-8-12-10-13(9-7-2)14(11-12)15(3,4)5/h12-14H,6-11H2,1-5H3. The third kappa shape index (κ3) is 3.50. The van der Waals surface area contributed by atoms with Gasteiger partial charge in [0.05, 0.1) is 0 Å². The summed E-state index contributed by atoms with van der Waals surface area (Å²) in [6.45, 7) is 12.0. The van der Waals surface area contributed by atoms with Crippen LogP contribution in [0, 0.1) is 23.2 Å². The molecule has 15 heavy (non-hydrogen) atoms. The second-order valence-corrected chi connectivity index (χ2v) is 6.65. The average molecular weight is 210 g/mol. The largest absolute Gasteiger partial charge is 0.0654 e. The predicted molar refractivity (Wildman–Crippen MR) is 69.0 cm³/mol. The topological polar surface area (TPSA) is 0 Å². The lowest BCUT2D eigenvalue weighted by atomic mass is 9.73. The molecule has 0 heterocycles. The highest BCUT2D eigenvalue weighted by Crippen LogP contribution is 2.49. The fourth-order valence-electron chi connectivity index (χ4n) is 3.63. The van der Waals surface area contributed by atoms with Crippen LogP contribution in [0.15, 0.2) is 0 Å². The summed E-state index contributed by atoms with van der Waals surface area (Å²) in [5.41, 5.74) is 0.530. The summed E-state index contributed by atoms with van der Waals surface area (Å²) in [5, 5.41) is 0. The first-order valence-electron chi connectivity index (χ1n) is 6.99.